The van der Waals surface area contributed by atoms with Crippen LogP contribution in [0.25, 0.3) is 67.7 Å². The molecule has 240 valence electrons. The molecular weight excluding hydrogens is 638 g/mol. The van der Waals surface area contributed by atoms with Crippen molar-refractivity contribution in [1.82, 2.24) is 58.1 Å². The fourth-order valence-corrected chi connectivity index (χ4v) is 5.67. The number of halogens is 2. The first-order valence-electron chi connectivity index (χ1n) is 15.4. The molecule has 0 unspecified atom stereocenters. The lowest BCUT2D eigenvalue weighted by atomic mass is 10.3. The van der Waals surface area contributed by atoms with E-state index in [4.69, 9.17) is 0 Å². The van der Waals surface area contributed by atoms with E-state index in [0.29, 0.717) is 50.8 Å². The molecule has 50 heavy (non-hydrogen) atoms. The predicted molar refractivity (Wildman–Crippen MR) is 182 cm³/mol. The fraction of sp³-hybridized carbons (Fsp3) is 0. The summed E-state index contributed by atoms with van der Waals surface area (Å²) in [4.78, 5) is 35.2. The topological polar surface area (TPSA) is 123 Å². The van der Waals surface area contributed by atoms with Gasteiger partial charge >= 0.3 is 0 Å². The van der Waals surface area contributed by atoms with Crippen molar-refractivity contribution in [3.8, 4) is 23.3 Å². The highest BCUT2D eigenvalue weighted by atomic mass is 19.1. The minimum absolute atomic E-state index is 0.323. The molecule has 0 atom stereocenters. The lowest BCUT2D eigenvalue weighted by molar-refractivity contribution is 0.628. The molecule has 0 saturated carbocycles. The van der Waals surface area contributed by atoms with Gasteiger partial charge in [0, 0.05) is 23.5 Å². The maximum Gasteiger partial charge on any atom is 0.237 e. The summed E-state index contributed by atoms with van der Waals surface area (Å²) in [6.07, 6.45) is 9.95. The van der Waals surface area contributed by atoms with Crippen molar-refractivity contribution >= 4 is 44.4 Å². The summed E-state index contributed by atoms with van der Waals surface area (Å²) in [7, 11) is 0. The number of benzene rings is 4. The van der Waals surface area contributed by atoms with E-state index in [2.05, 4.69) is 39.9 Å². The van der Waals surface area contributed by atoms with Crippen LogP contribution in [-0.4, -0.2) is 58.1 Å². The number of aromatic nitrogens is 12. The van der Waals surface area contributed by atoms with Crippen molar-refractivity contribution in [1.29, 1.82) is 0 Å². The SMILES string of the molecule is Fc1ccc2c(c1)ncn2-c1ncc2ncn(-c3ccccc3)c2n1.Fc1ccc2ncn(-c3ncc4ncn(-c5ccccc5)c4n3)c2c1. The van der Waals surface area contributed by atoms with Crippen LogP contribution < -0.4 is 0 Å². The number of hydrogen-bond acceptors (Lipinski definition) is 8. The molecule has 0 spiro atoms. The number of fused-ring (bicyclic) bond motifs is 4. The Labute approximate surface area is 280 Å². The molecule has 10 aromatic rings. The van der Waals surface area contributed by atoms with Crippen LogP contribution in [0.4, 0.5) is 8.78 Å². The highest BCUT2D eigenvalue weighted by Crippen LogP contribution is 2.22. The van der Waals surface area contributed by atoms with Gasteiger partial charge in [-0.15, -0.1) is 0 Å². The van der Waals surface area contributed by atoms with Crippen molar-refractivity contribution in [3.63, 3.8) is 0 Å². The first-order chi connectivity index (χ1) is 24.6. The van der Waals surface area contributed by atoms with Gasteiger partial charge in [0.25, 0.3) is 0 Å². The number of rotatable bonds is 4. The Morgan fingerprint density at radius 3 is 1.48 bits per heavy atom. The van der Waals surface area contributed by atoms with Gasteiger partial charge in [-0.1, -0.05) is 36.4 Å². The van der Waals surface area contributed by atoms with Gasteiger partial charge < -0.3 is 0 Å². The Morgan fingerprint density at radius 2 is 0.880 bits per heavy atom. The lowest BCUT2D eigenvalue weighted by Crippen LogP contribution is -2.02. The largest absolute Gasteiger partial charge is 0.283 e. The summed E-state index contributed by atoms with van der Waals surface area (Å²) in [5.41, 5.74) is 7.27. The van der Waals surface area contributed by atoms with Crippen LogP contribution in [0, 0.1) is 11.6 Å². The molecule has 0 saturated heterocycles. The van der Waals surface area contributed by atoms with E-state index in [1.807, 2.05) is 69.8 Å². The molecule has 0 aliphatic heterocycles. The molecular formula is C36H22F2N12. The van der Waals surface area contributed by atoms with Gasteiger partial charge in [-0.2, -0.15) is 9.97 Å². The van der Waals surface area contributed by atoms with Gasteiger partial charge in [0.2, 0.25) is 11.9 Å². The van der Waals surface area contributed by atoms with Crippen molar-refractivity contribution < 1.29 is 8.78 Å². The van der Waals surface area contributed by atoms with E-state index >= 15 is 0 Å². The van der Waals surface area contributed by atoms with Crippen molar-refractivity contribution in [2.45, 2.75) is 0 Å². The van der Waals surface area contributed by atoms with Gasteiger partial charge in [-0.25, -0.2) is 38.7 Å². The molecule has 14 heteroatoms. The van der Waals surface area contributed by atoms with Crippen molar-refractivity contribution in [2.24, 2.45) is 0 Å². The van der Waals surface area contributed by atoms with E-state index in [-0.39, 0.29) is 11.6 Å². The predicted octanol–water partition coefficient (Wildman–Crippen LogP) is 6.59. The highest BCUT2D eigenvalue weighted by molar-refractivity contribution is 5.79. The highest BCUT2D eigenvalue weighted by Gasteiger charge is 2.14. The van der Waals surface area contributed by atoms with Crippen LogP contribution in [0.15, 0.2) is 135 Å². The number of nitrogens with zero attached hydrogens (tertiary/aromatic N) is 12. The summed E-state index contributed by atoms with van der Waals surface area (Å²) in [6.45, 7) is 0. The lowest BCUT2D eigenvalue weighted by Gasteiger charge is -2.05. The molecule has 0 bridgehead atoms. The summed E-state index contributed by atoms with van der Waals surface area (Å²) in [6, 6.07) is 28.5. The van der Waals surface area contributed by atoms with Crippen molar-refractivity contribution in [2.75, 3.05) is 0 Å². The zero-order valence-electron chi connectivity index (χ0n) is 25.8. The molecule has 4 aromatic carbocycles. The summed E-state index contributed by atoms with van der Waals surface area (Å²) >= 11 is 0. The third-order valence-corrected chi connectivity index (χ3v) is 8.07. The van der Waals surface area contributed by atoms with Crippen molar-refractivity contribution in [3.05, 3.63) is 146 Å². The van der Waals surface area contributed by atoms with Crippen LogP contribution in [-0.2, 0) is 0 Å². The quantitative estimate of drug-likeness (QED) is 0.207. The maximum absolute atomic E-state index is 13.6. The monoisotopic (exact) mass is 660 g/mol. The Kier molecular flexibility index (Phi) is 6.83. The van der Waals surface area contributed by atoms with E-state index in [0.717, 1.165) is 16.9 Å². The van der Waals surface area contributed by atoms with E-state index in [1.165, 1.54) is 24.3 Å². The third-order valence-electron chi connectivity index (χ3n) is 8.07. The average Bonchev–Trinajstić information content (AvgIpc) is 3.96. The molecule has 12 nitrogen and oxygen atoms in total. The first kappa shape index (κ1) is 29.0. The average molecular weight is 661 g/mol. The van der Waals surface area contributed by atoms with E-state index in [9.17, 15) is 8.78 Å². The molecule has 6 heterocycles. The molecule has 0 amide bonds. The second-order valence-electron chi connectivity index (χ2n) is 11.2. The number of imidazole rings is 4. The zero-order chi connectivity index (χ0) is 33.6. The maximum atomic E-state index is 13.6. The van der Waals surface area contributed by atoms with Crippen LogP contribution in [0.1, 0.15) is 0 Å². The molecule has 0 aliphatic rings. The minimum Gasteiger partial charge on any atom is -0.283 e. The fourth-order valence-electron chi connectivity index (χ4n) is 5.67. The third kappa shape index (κ3) is 5.07. The van der Waals surface area contributed by atoms with Crippen LogP contribution >= 0.6 is 0 Å². The molecule has 0 radical (unpaired) electrons. The van der Waals surface area contributed by atoms with Gasteiger partial charge in [0.15, 0.2) is 11.3 Å². The number of para-hydroxylation sites is 2. The smallest absolute Gasteiger partial charge is 0.237 e. The standard InChI is InChI=1S/2C18H11FN6/c19-12-6-7-16-14(8-12)21-11-25(16)18-20-9-15-17(23-18)24(10-22-15)13-4-2-1-3-5-13;19-12-6-7-14-16(8-12)25(11-21-14)18-20-9-15-17(23-18)24(10-22-15)13-4-2-1-3-5-13/h2*1-11H. The second-order valence-corrected chi connectivity index (χ2v) is 11.2. The van der Waals surface area contributed by atoms with Gasteiger partial charge in [0.05, 0.1) is 34.5 Å². The Balaban J connectivity index is 0.000000135. The Hall–Kier alpha value is -7.22. The van der Waals surface area contributed by atoms with E-state index < -0.39 is 0 Å². The van der Waals surface area contributed by atoms with Crippen LogP contribution in [0.2, 0.25) is 0 Å². The molecule has 0 aliphatic carbocycles. The van der Waals surface area contributed by atoms with Crippen LogP contribution in [0.3, 0.4) is 0 Å². The van der Waals surface area contributed by atoms with E-state index in [1.54, 1.807) is 59.0 Å². The summed E-state index contributed by atoms with van der Waals surface area (Å²) in [5, 5.41) is 0. The summed E-state index contributed by atoms with van der Waals surface area (Å²) in [5.74, 6) is 0.221. The molecule has 10 rings (SSSR count). The second kappa shape index (κ2) is 11.8. The molecule has 0 N–H and O–H groups in total. The molecule has 6 aromatic heterocycles. The Bertz CT molecular complexity index is 2800. The normalized spacial score (nSPS) is 11.4. The first-order valence-corrected chi connectivity index (χ1v) is 15.4. The minimum atomic E-state index is -0.329. The zero-order valence-corrected chi connectivity index (χ0v) is 25.8. The van der Waals surface area contributed by atoms with Gasteiger partial charge in [0.1, 0.15) is 48.0 Å². The number of hydrogen-bond donors (Lipinski definition) is 0. The van der Waals surface area contributed by atoms with Crippen LogP contribution in [0.5, 0.6) is 0 Å². The Morgan fingerprint density at radius 1 is 0.400 bits per heavy atom. The van der Waals surface area contributed by atoms with Gasteiger partial charge in [-0.05, 0) is 48.5 Å². The summed E-state index contributed by atoms with van der Waals surface area (Å²) < 4.78 is 34.2. The molecule has 0 fully saturated rings. The van der Waals surface area contributed by atoms with Gasteiger partial charge in [-0.3, -0.25) is 18.3 Å².